The topological polar surface area (TPSA) is 70.5 Å². The quantitative estimate of drug-likeness (QED) is 0.101. The van der Waals surface area contributed by atoms with E-state index in [9.17, 15) is 0 Å². The summed E-state index contributed by atoms with van der Waals surface area (Å²) in [6.07, 6.45) is 20.6. The molecule has 0 heterocycles. The van der Waals surface area contributed by atoms with Gasteiger partial charge in [0.2, 0.25) is 0 Å². The third kappa shape index (κ3) is 8.99. The third-order valence-corrected chi connectivity index (χ3v) is 12.6. The Morgan fingerprint density at radius 1 is 0.558 bits per heavy atom. The maximum atomic E-state index is 6.47. The number of anilines is 2. The average molecular weight is 701 g/mol. The number of nitrogens with two attached hydrogens (primary N) is 2. The maximum absolute atomic E-state index is 6.47. The van der Waals surface area contributed by atoms with Crippen molar-refractivity contribution in [3.63, 3.8) is 0 Å². The number of aryl methyl sites for hydroxylation is 4. The van der Waals surface area contributed by atoms with Gasteiger partial charge in [0.05, 0.1) is 0 Å². The van der Waals surface area contributed by atoms with Gasteiger partial charge >= 0.3 is 0 Å². The molecule has 0 aliphatic heterocycles. The molecule has 4 heteroatoms. The maximum Gasteiger partial charge on any atom is 0.133 e. The van der Waals surface area contributed by atoms with Crippen LogP contribution in [0.15, 0.2) is 72.8 Å². The highest BCUT2D eigenvalue weighted by atomic mass is 16.5. The molecule has 0 atom stereocenters. The summed E-state index contributed by atoms with van der Waals surface area (Å²) >= 11 is 0. The van der Waals surface area contributed by atoms with Crippen molar-refractivity contribution in [1.82, 2.24) is 0 Å². The molecular formula is C48H64N2O2. The zero-order valence-corrected chi connectivity index (χ0v) is 32.7. The van der Waals surface area contributed by atoms with E-state index >= 15 is 0 Å². The third-order valence-electron chi connectivity index (χ3n) is 12.6. The molecule has 4 N–H and O–H groups in total. The Morgan fingerprint density at radius 2 is 1.00 bits per heavy atom. The monoisotopic (exact) mass is 700 g/mol. The lowest BCUT2D eigenvalue weighted by atomic mass is 9.59. The number of hydrogen-bond donors (Lipinski definition) is 2. The summed E-state index contributed by atoms with van der Waals surface area (Å²) in [5.74, 6) is 6.07. The first-order chi connectivity index (χ1) is 25.1. The van der Waals surface area contributed by atoms with Gasteiger partial charge in [-0.15, -0.1) is 0 Å². The summed E-state index contributed by atoms with van der Waals surface area (Å²) in [6, 6.07) is 25.1. The van der Waals surface area contributed by atoms with Gasteiger partial charge in [-0.3, -0.25) is 0 Å². The van der Waals surface area contributed by atoms with E-state index in [4.69, 9.17) is 20.9 Å². The first kappa shape index (κ1) is 37.8. The highest BCUT2D eigenvalue weighted by Gasteiger charge is 2.42. The van der Waals surface area contributed by atoms with Gasteiger partial charge in [0.15, 0.2) is 0 Å². The van der Waals surface area contributed by atoms with Crippen LogP contribution in [0.3, 0.4) is 0 Å². The molecule has 0 spiro atoms. The van der Waals surface area contributed by atoms with Crippen molar-refractivity contribution in [2.24, 2.45) is 17.8 Å². The van der Waals surface area contributed by atoms with Gasteiger partial charge in [0.1, 0.15) is 23.0 Å². The Morgan fingerprint density at radius 3 is 1.46 bits per heavy atom. The van der Waals surface area contributed by atoms with Crippen LogP contribution in [-0.4, -0.2) is 0 Å². The lowest BCUT2D eigenvalue weighted by Gasteiger charge is -2.45. The average Bonchev–Trinajstić information content (AvgIpc) is 3.13. The second-order valence-corrected chi connectivity index (χ2v) is 16.5. The summed E-state index contributed by atoms with van der Waals surface area (Å²) in [5, 5.41) is 0. The molecule has 4 aromatic rings. The number of benzene rings is 4. The molecule has 2 aliphatic carbocycles. The molecule has 0 saturated heterocycles. The minimum absolute atomic E-state index is 0.0675. The van der Waals surface area contributed by atoms with Crippen LogP contribution in [0.1, 0.15) is 137 Å². The van der Waals surface area contributed by atoms with Gasteiger partial charge in [-0.1, -0.05) is 101 Å². The molecule has 2 aliphatic rings. The number of ether oxygens (including phenoxy) is 2. The molecule has 2 fully saturated rings. The molecule has 0 aromatic heterocycles. The van der Waals surface area contributed by atoms with Crippen LogP contribution in [0.25, 0.3) is 0 Å². The van der Waals surface area contributed by atoms with Gasteiger partial charge in [0.25, 0.3) is 0 Å². The van der Waals surface area contributed by atoms with Gasteiger partial charge in [0, 0.05) is 28.9 Å². The van der Waals surface area contributed by atoms with Crippen LogP contribution in [-0.2, 0) is 5.41 Å². The molecule has 0 radical (unpaired) electrons. The SMILES string of the molecule is CCCCCCCC[C@H]1CC[C@@H](C2CCC(c3cc(C)c(Oc4cccc(N)c4)c(C)c3)(c3cc(C)c(Oc4cccc(N)c4)c(C)c3)CC2)CC1. The fraction of sp³-hybridized carbons (Fsp3) is 0.500. The highest BCUT2D eigenvalue weighted by Crippen LogP contribution is 2.52. The lowest BCUT2D eigenvalue weighted by Crippen LogP contribution is -2.36. The second-order valence-electron chi connectivity index (χ2n) is 16.5. The van der Waals surface area contributed by atoms with Gasteiger partial charge in [-0.05, 0) is 142 Å². The number of nitrogen functional groups attached to an aromatic ring is 2. The number of unbranched alkanes of at least 4 members (excludes halogenated alkanes) is 5. The minimum Gasteiger partial charge on any atom is -0.457 e. The first-order valence-corrected chi connectivity index (χ1v) is 20.5. The normalized spacial score (nSPS) is 19.0. The molecule has 4 aromatic carbocycles. The van der Waals surface area contributed by atoms with Gasteiger partial charge in [-0.25, -0.2) is 0 Å². The van der Waals surface area contributed by atoms with E-state index in [1.807, 2.05) is 48.5 Å². The molecule has 4 nitrogen and oxygen atoms in total. The van der Waals surface area contributed by atoms with E-state index in [0.29, 0.717) is 11.4 Å². The molecular weight excluding hydrogens is 637 g/mol. The van der Waals surface area contributed by atoms with Crippen molar-refractivity contribution in [3.05, 3.63) is 106 Å². The fourth-order valence-electron chi connectivity index (χ4n) is 9.68. The van der Waals surface area contributed by atoms with E-state index in [-0.39, 0.29) is 5.41 Å². The predicted octanol–water partition coefficient (Wildman–Crippen LogP) is 13.7. The Hall–Kier alpha value is -3.92. The molecule has 0 amide bonds. The molecule has 278 valence electrons. The van der Waals surface area contributed by atoms with Crippen molar-refractivity contribution in [3.8, 4) is 23.0 Å². The van der Waals surface area contributed by atoms with Crippen LogP contribution < -0.4 is 20.9 Å². The van der Waals surface area contributed by atoms with Crippen molar-refractivity contribution < 1.29 is 9.47 Å². The standard InChI is InChI=1S/C48H64N2O2/c1-6-7-8-9-10-11-14-37-19-21-38(22-20-37)39-23-25-48(26-24-39,40-27-33(2)46(34(3)28-40)51-44-17-12-15-42(49)31-44)41-29-35(4)47(36(5)30-41)52-45-18-13-16-43(50)32-45/h12-13,15-18,27-32,37-39H,6-11,14,19-26,49-50H2,1-5H3/t37-,38+. The Bertz CT molecular complexity index is 1630. The Balaban J connectivity index is 1.23. The molecule has 0 bridgehead atoms. The van der Waals surface area contributed by atoms with E-state index in [2.05, 4.69) is 58.9 Å². The molecule has 6 rings (SSSR count). The van der Waals surface area contributed by atoms with Crippen LogP contribution in [0.5, 0.6) is 23.0 Å². The zero-order valence-electron chi connectivity index (χ0n) is 32.7. The number of rotatable bonds is 14. The van der Waals surface area contributed by atoms with E-state index in [1.54, 1.807) is 0 Å². The molecule has 0 unspecified atom stereocenters. The second kappa shape index (κ2) is 17.3. The van der Waals surface area contributed by atoms with Gasteiger partial charge < -0.3 is 20.9 Å². The summed E-state index contributed by atoms with van der Waals surface area (Å²) < 4.78 is 12.9. The highest BCUT2D eigenvalue weighted by molar-refractivity contribution is 5.55. The summed E-state index contributed by atoms with van der Waals surface area (Å²) in [5.41, 5.74) is 21.0. The summed E-state index contributed by atoms with van der Waals surface area (Å²) in [4.78, 5) is 0. The Kier molecular flexibility index (Phi) is 12.6. The number of hydrogen-bond acceptors (Lipinski definition) is 4. The van der Waals surface area contributed by atoms with Crippen LogP contribution in [0.2, 0.25) is 0 Å². The van der Waals surface area contributed by atoms with Crippen molar-refractivity contribution in [2.75, 3.05) is 11.5 Å². The van der Waals surface area contributed by atoms with Crippen molar-refractivity contribution >= 4 is 11.4 Å². The largest absolute Gasteiger partial charge is 0.457 e. The van der Waals surface area contributed by atoms with E-state index in [1.165, 1.54) is 94.6 Å². The van der Waals surface area contributed by atoms with E-state index in [0.717, 1.165) is 75.8 Å². The van der Waals surface area contributed by atoms with Crippen LogP contribution in [0.4, 0.5) is 11.4 Å². The van der Waals surface area contributed by atoms with Gasteiger partial charge in [-0.2, -0.15) is 0 Å². The van der Waals surface area contributed by atoms with Crippen LogP contribution >= 0.6 is 0 Å². The minimum atomic E-state index is -0.0675. The molecule has 2 saturated carbocycles. The predicted molar refractivity (Wildman–Crippen MR) is 220 cm³/mol. The lowest BCUT2D eigenvalue weighted by molar-refractivity contribution is 0.140. The first-order valence-electron chi connectivity index (χ1n) is 20.5. The summed E-state index contributed by atoms with van der Waals surface area (Å²) in [6.45, 7) is 11.1. The zero-order chi connectivity index (χ0) is 36.7. The van der Waals surface area contributed by atoms with Crippen molar-refractivity contribution in [1.29, 1.82) is 0 Å². The van der Waals surface area contributed by atoms with Crippen LogP contribution in [0, 0.1) is 45.4 Å². The summed E-state index contributed by atoms with van der Waals surface area (Å²) in [7, 11) is 0. The fourth-order valence-corrected chi connectivity index (χ4v) is 9.68. The molecule has 52 heavy (non-hydrogen) atoms. The van der Waals surface area contributed by atoms with E-state index < -0.39 is 0 Å². The van der Waals surface area contributed by atoms with Crippen molar-refractivity contribution in [2.45, 2.75) is 136 Å². The Labute approximate surface area is 314 Å². The smallest absolute Gasteiger partial charge is 0.133 e.